The lowest BCUT2D eigenvalue weighted by Gasteiger charge is -2.14. The highest BCUT2D eigenvalue weighted by Gasteiger charge is 2.17. The molecule has 1 aliphatic rings. The third kappa shape index (κ3) is 6.49. The summed E-state index contributed by atoms with van der Waals surface area (Å²) < 4.78 is 0. The number of nitrogens with two attached hydrogens (primary N) is 1. The van der Waals surface area contributed by atoms with E-state index in [0.29, 0.717) is 6.04 Å². The van der Waals surface area contributed by atoms with Gasteiger partial charge >= 0.3 is 0 Å². The molecule has 0 amide bonds. The van der Waals surface area contributed by atoms with Crippen molar-refractivity contribution in [1.82, 2.24) is 4.90 Å². The number of nitrogens with zero attached hydrogens (tertiary/aromatic N) is 1. The number of likely N-dealkylation sites (tertiary alicyclic amines) is 1. The average Bonchev–Trinajstić information content (AvgIpc) is 2.68. The molecular formula is C14H30N2. The van der Waals surface area contributed by atoms with Crippen LogP contribution in [-0.2, 0) is 0 Å². The van der Waals surface area contributed by atoms with Crippen LogP contribution in [0, 0.1) is 0 Å². The predicted octanol–water partition coefficient (Wildman–Crippen LogP) is 3.16. The van der Waals surface area contributed by atoms with Gasteiger partial charge in [-0.05, 0) is 25.9 Å². The van der Waals surface area contributed by atoms with Gasteiger partial charge in [-0.25, -0.2) is 0 Å². The molecule has 1 fully saturated rings. The molecule has 0 saturated carbocycles. The Hall–Kier alpha value is -0.0800. The first-order valence-electron chi connectivity index (χ1n) is 7.31. The molecule has 1 saturated heterocycles. The van der Waals surface area contributed by atoms with Gasteiger partial charge < -0.3 is 10.6 Å². The maximum atomic E-state index is 5.88. The van der Waals surface area contributed by atoms with Crippen LogP contribution in [0.25, 0.3) is 0 Å². The molecule has 1 rings (SSSR count). The van der Waals surface area contributed by atoms with Gasteiger partial charge in [-0.1, -0.05) is 51.9 Å². The van der Waals surface area contributed by atoms with Crippen LogP contribution in [0.1, 0.15) is 64.7 Å². The van der Waals surface area contributed by atoms with Gasteiger partial charge in [0.05, 0.1) is 0 Å². The average molecular weight is 226 g/mol. The fraction of sp³-hybridized carbons (Fsp3) is 1.00. The minimum absolute atomic E-state index is 0.453. The van der Waals surface area contributed by atoms with Crippen molar-refractivity contribution in [3.63, 3.8) is 0 Å². The summed E-state index contributed by atoms with van der Waals surface area (Å²) >= 11 is 0. The predicted molar refractivity (Wildman–Crippen MR) is 71.6 cm³/mol. The Morgan fingerprint density at radius 3 is 2.19 bits per heavy atom. The summed E-state index contributed by atoms with van der Waals surface area (Å²) in [4.78, 5) is 2.53. The second-order valence-corrected chi connectivity index (χ2v) is 5.32. The fourth-order valence-corrected chi connectivity index (χ4v) is 2.54. The largest absolute Gasteiger partial charge is 0.326 e. The number of rotatable bonds is 9. The summed E-state index contributed by atoms with van der Waals surface area (Å²) in [5.74, 6) is 0. The Morgan fingerprint density at radius 2 is 1.62 bits per heavy atom. The summed E-state index contributed by atoms with van der Waals surface area (Å²) in [6, 6.07) is 0.453. The van der Waals surface area contributed by atoms with Gasteiger partial charge in [0.1, 0.15) is 0 Å². The molecule has 0 spiro atoms. The zero-order valence-corrected chi connectivity index (χ0v) is 11.1. The van der Waals surface area contributed by atoms with Crippen LogP contribution in [0.2, 0.25) is 0 Å². The lowest BCUT2D eigenvalue weighted by Crippen LogP contribution is -2.27. The smallest absolute Gasteiger partial charge is 0.0180 e. The molecule has 0 aliphatic carbocycles. The van der Waals surface area contributed by atoms with Crippen molar-refractivity contribution in [3.05, 3.63) is 0 Å². The number of hydrogen-bond acceptors (Lipinski definition) is 2. The SMILES string of the molecule is CCCCCCCCCCN1CC[C@@H](N)C1. The molecule has 1 heterocycles. The highest BCUT2D eigenvalue weighted by molar-refractivity contribution is 4.77. The Morgan fingerprint density at radius 1 is 1.00 bits per heavy atom. The van der Waals surface area contributed by atoms with Crippen molar-refractivity contribution < 1.29 is 0 Å². The summed E-state index contributed by atoms with van der Waals surface area (Å²) in [6.07, 6.45) is 12.5. The molecular weight excluding hydrogens is 196 g/mol. The number of hydrogen-bond donors (Lipinski definition) is 1. The summed E-state index contributed by atoms with van der Waals surface area (Å²) in [6.45, 7) is 5.93. The van der Waals surface area contributed by atoms with Crippen LogP contribution < -0.4 is 5.73 Å². The molecule has 0 unspecified atom stereocenters. The van der Waals surface area contributed by atoms with Crippen molar-refractivity contribution in [2.75, 3.05) is 19.6 Å². The molecule has 16 heavy (non-hydrogen) atoms. The molecule has 0 radical (unpaired) electrons. The quantitative estimate of drug-likeness (QED) is 0.612. The van der Waals surface area contributed by atoms with Gasteiger partial charge in [0, 0.05) is 12.6 Å². The monoisotopic (exact) mass is 226 g/mol. The normalized spacial score (nSPS) is 21.8. The third-order valence-electron chi connectivity index (χ3n) is 3.64. The van der Waals surface area contributed by atoms with Crippen molar-refractivity contribution in [2.24, 2.45) is 5.73 Å². The molecule has 1 aliphatic heterocycles. The van der Waals surface area contributed by atoms with Crippen LogP contribution in [0.4, 0.5) is 0 Å². The van der Waals surface area contributed by atoms with E-state index in [1.54, 1.807) is 0 Å². The van der Waals surface area contributed by atoms with E-state index in [4.69, 9.17) is 5.73 Å². The Balaban J connectivity index is 1.78. The minimum Gasteiger partial charge on any atom is -0.326 e. The zero-order valence-electron chi connectivity index (χ0n) is 11.1. The first-order chi connectivity index (χ1) is 7.83. The van der Waals surface area contributed by atoms with E-state index in [9.17, 15) is 0 Å². The van der Waals surface area contributed by atoms with Gasteiger partial charge in [0.15, 0.2) is 0 Å². The zero-order chi connectivity index (χ0) is 11.6. The maximum absolute atomic E-state index is 5.88. The van der Waals surface area contributed by atoms with Gasteiger partial charge in [-0.3, -0.25) is 0 Å². The van der Waals surface area contributed by atoms with Gasteiger partial charge in [-0.2, -0.15) is 0 Å². The Bertz CT molecular complexity index is 159. The Labute approximate surface area is 102 Å². The van der Waals surface area contributed by atoms with Gasteiger partial charge in [0.25, 0.3) is 0 Å². The molecule has 2 N–H and O–H groups in total. The molecule has 0 aromatic rings. The lowest BCUT2D eigenvalue weighted by molar-refractivity contribution is 0.323. The number of unbranched alkanes of at least 4 members (excludes halogenated alkanes) is 7. The fourth-order valence-electron chi connectivity index (χ4n) is 2.54. The van der Waals surface area contributed by atoms with Crippen LogP contribution in [-0.4, -0.2) is 30.6 Å². The molecule has 0 aromatic heterocycles. The van der Waals surface area contributed by atoms with E-state index in [-0.39, 0.29) is 0 Å². The van der Waals surface area contributed by atoms with Gasteiger partial charge in [-0.15, -0.1) is 0 Å². The van der Waals surface area contributed by atoms with Crippen molar-refractivity contribution in [2.45, 2.75) is 70.8 Å². The van der Waals surface area contributed by atoms with Crippen molar-refractivity contribution in [3.8, 4) is 0 Å². The van der Waals surface area contributed by atoms with E-state index in [2.05, 4.69) is 11.8 Å². The highest BCUT2D eigenvalue weighted by atomic mass is 15.2. The van der Waals surface area contributed by atoms with Crippen LogP contribution in [0.3, 0.4) is 0 Å². The maximum Gasteiger partial charge on any atom is 0.0180 e. The minimum atomic E-state index is 0.453. The van der Waals surface area contributed by atoms with Gasteiger partial charge in [0.2, 0.25) is 0 Å². The van der Waals surface area contributed by atoms with Crippen LogP contribution in [0.15, 0.2) is 0 Å². The van der Waals surface area contributed by atoms with Crippen molar-refractivity contribution in [1.29, 1.82) is 0 Å². The van der Waals surface area contributed by atoms with Crippen LogP contribution in [0.5, 0.6) is 0 Å². The topological polar surface area (TPSA) is 29.3 Å². The van der Waals surface area contributed by atoms with Crippen molar-refractivity contribution >= 4 is 0 Å². The summed E-state index contributed by atoms with van der Waals surface area (Å²) in [7, 11) is 0. The molecule has 2 heteroatoms. The molecule has 1 atom stereocenters. The standard InChI is InChI=1S/C14H30N2/c1-2-3-4-5-6-7-8-9-11-16-12-10-14(15)13-16/h14H,2-13,15H2,1H3/t14-/m1/s1. The van der Waals surface area contributed by atoms with E-state index < -0.39 is 0 Å². The second kappa shape index (κ2) is 9.00. The Kier molecular flexibility index (Phi) is 7.87. The molecule has 0 bridgehead atoms. The van der Waals surface area contributed by atoms with E-state index >= 15 is 0 Å². The van der Waals surface area contributed by atoms with E-state index in [0.717, 1.165) is 6.54 Å². The first-order valence-corrected chi connectivity index (χ1v) is 7.31. The van der Waals surface area contributed by atoms with E-state index in [1.165, 1.54) is 70.9 Å². The van der Waals surface area contributed by atoms with Crippen LogP contribution >= 0.6 is 0 Å². The first kappa shape index (κ1) is 14.0. The van der Waals surface area contributed by atoms with E-state index in [1.807, 2.05) is 0 Å². The highest BCUT2D eigenvalue weighted by Crippen LogP contribution is 2.11. The third-order valence-corrected chi connectivity index (χ3v) is 3.64. The lowest BCUT2D eigenvalue weighted by atomic mass is 10.1. The summed E-state index contributed by atoms with van der Waals surface area (Å²) in [5.41, 5.74) is 5.88. The molecule has 0 aromatic carbocycles. The molecule has 96 valence electrons. The summed E-state index contributed by atoms with van der Waals surface area (Å²) in [5, 5.41) is 0. The second-order valence-electron chi connectivity index (χ2n) is 5.32. The molecule has 2 nitrogen and oxygen atoms in total.